The van der Waals surface area contributed by atoms with Gasteiger partial charge in [-0.1, -0.05) is 101 Å². The number of hydrogen-bond donors (Lipinski definition) is 1. The zero-order valence-corrected chi connectivity index (χ0v) is 48.3. The van der Waals surface area contributed by atoms with Gasteiger partial charge in [-0.3, -0.25) is 24.1 Å². The van der Waals surface area contributed by atoms with Crippen LogP contribution in [0.1, 0.15) is 119 Å². The molecule has 9 rings (SSSR count). The van der Waals surface area contributed by atoms with Gasteiger partial charge >= 0.3 is 23.9 Å². The van der Waals surface area contributed by atoms with Gasteiger partial charge in [-0.15, -0.1) is 0 Å². The SMILES string of the molecule is CC[Si](CC)(CC)O[C@H]1CC2OC[C@@]2(OC(C)=O)C2[C@H](OC(=O)c3ccccc3)[C@]3(O)CC(OC(=O)C4OC(c5ccc(OC)cc5OC)N(C(=O)c5ccccc5)[C@H]4c4ccccc4)C(C)=C([C@@H](OC(C)=O)C(=O)[C@@]21C)C3(C)C. The Bertz CT molecular complexity index is 3030. The second kappa shape index (κ2) is 22.3. The number of carbonyl (C=O) groups excluding carboxylic acids is 6. The molecule has 18 heteroatoms. The first-order valence-electron chi connectivity index (χ1n) is 27.5. The zero-order valence-electron chi connectivity index (χ0n) is 47.3. The molecular weight excluding hydrogens is 1040 g/mol. The minimum absolute atomic E-state index is 0.0736. The van der Waals surface area contributed by atoms with Crippen molar-refractivity contribution in [3.63, 3.8) is 0 Å². The molecule has 3 aliphatic carbocycles. The van der Waals surface area contributed by atoms with E-state index in [0.29, 0.717) is 46.3 Å². The molecule has 0 aromatic heterocycles. The van der Waals surface area contributed by atoms with Crippen LogP contribution in [0.2, 0.25) is 18.1 Å². The monoisotopic (exact) mass is 1120 g/mol. The lowest BCUT2D eigenvalue weighted by atomic mass is 9.44. The molecule has 17 nitrogen and oxygen atoms in total. The summed E-state index contributed by atoms with van der Waals surface area (Å²) in [7, 11) is 0.302. The standard InChI is InChI=1S/C62H73NO16Si/c1-12-80(13-2,14-3)79-46-33-47-61(35-73-47,78-38(6)65)52-54(77-57(68)41-28-22-17-23-29-41)62(70)34-45(36(4)48(59(62,7)8)50(74-37(5)64)53(66)60(46,52)9)75-58(69)51-49(39-24-18-15-19-25-39)63(55(67)40-26-20-16-21-27-40)56(76-51)43-31-30-42(71-10)32-44(43)72-11/h15-32,45-47,49-52,54,56,70H,12-14,33-35H2,1-11H3/t45?,46-,47?,49-,50+,51?,52?,54-,56?,60+,61-,62+/m0/s1. The van der Waals surface area contributed by atoms with Gasteiger partial charge in [0.15, 0.2) is 38.1 Å². The molecule has 1 amide bonds. The van der Waals surface area contributed by atoms with E-state index in [4.69, 9.17) is 42.3 Å². The normalized spacial score (nSPS) is 30.5. The van der Waals surface area contributed by atoms with E-state index in [9.17, 15) is 19.5 Å². The van der Waals surface area contributed by atoms with Crippen molar-refractivity contribution in [2.24, 2.45) is 16.7 Å². The van der Waals surface area contributed by atoms with E-state index in [1.165, 1.54) is 33.0 Å². The van der Waals surface area contributed by atoms with Gasteiger partial charge in [-0.2, -0.15) is 0 Å². The smallest absolute Gasteiger partial charge is 0.338 e. The molecule has 426 valence electrons. The number of aliphatic hydroxyl groups is 1. The zero-order chi connectivity index (χ0) is 57.7. The van der Waals surface area contributed by atoms with E-state index in [2.05, 4.69) is 20.8 Å². The number of nitrogens with zero attached hydrogens (tertiary/aromatic N) is 1. The van der Waals surface area contributed by atoms with Crippen LogP contribution < -0.4 is 9.47 Å². The van der Waals surface area contributed by atoms with Gasteiger partial charge in [0.1, 0.15) is 35.4 Å². The molecule has 5 unspecified atom stereocenters. The Labute approximate surface area is 468 Å². The second-order valence-electron chi connectivity index (χ2n) is 22.5. The summed E-state index contributed by atoms with van der Waals surface area (Å²) in [4.78, 5) is 91.2. The highest BCUT2D eigenvalue weighted by Crippen LogP contribution is 2.65. The number of amides is 1. The van der Waals surface area contributed by atoms with Crippen LogP contribution in [-0.2, 0) is 52.0 Å². The van der Waals surface area contributed by atoms with E-state index in [-0.39, 0.29) is 29.7 Å². The molecule has 2 bridgehead atoms. The Hall–Kier alpha value is -6.70. The van der Waals surface area contributed by atoms with Crippen LogP contribution in [0.3, 0.4) is 0 Å². The minimum Gasteiger partial charge on any atom is -0.497 e. The van der Waals surface area contributed by atoms with Crippen LogP contribution in [-0.4, -0.2) is 123 Å². The summed E-state index contributed by atoms with van der Waals surface area (Å²) in [5.74, 6) is -5.17. The molecule has 1 N–H and O–H groups in total. The van der Waals surface area contributed by atoms with E-state index in [1.807, 2.05) is 0 Å². The maximum atomic E-state index is 16.6. The fourth-order valence-electron chi connectivity index (χ4n) is 13.6. The van der Waals surface area contributed by atoms with Gasteiger partial charge in [0, 0.05) is 49.3 Å². The van der Waals surface area contributed by atoms with Crippen molar-refractivity contribution in [2.45, 2.75) is 153 Å². The third-order valence-corrected chi connectivity index (χ3v) is 22.8. The highest BCUT2D eigenvalue weighted by Gasteiger charge is 2.79. The summed E-state index contributed by atoms with van der Waals surface area (Å²) in [6.07, 6.45) is -10.1. The second-order valence-corrected chi connectivity index (χ2v) is 27.2. The quantitative estimate of drug-likeness (QED) is 0.0480. The number of benzene rings is 4. The van der Waals surface area contributed by atoms with Gasteiger partial charge in [0.25, 0.3) is 5.91 Å². The minimum atomic E-state index is -2.67. The Morgan fingerprint density at radius 2 is 1.39 bits per heavy atom. The van der Waals surface area contributed by atoms with Gasteiger partial charge in [-0.25, -0.2) is 9.59 Å². The van der Waals surface area contributed by atoms with Crippen molar-refractivity contribution >= 4 is 43.9 Å². The molecule has 2 aliphatic heterocycles. The topological polar surface area (TPSA) is 209 Å². The van der Waals surface area contributed by atoms with Gasteiger partial charge < -0.3 is 47.4 Å². The average Bonchev–Trinajstić information content (AvgIpc) is 2.35. The van der Waals surface area contributed by atoms with Crippen LogP contribution >= 0.6 is 0 Å². The number of fused-ring (bicyclic) bond motifs is 5. The highest BCUT2D eigenvalue weighted by atomic mass is 28.4. The molecule has 4 aromatic rings. The summed E-state index contributed by atoms with van der Waals surface area (Å²) >= 11 is 0. The number of ketones is 1. The van der Waals surface area contributed by atoms with Gasteiger partial charge in [0.05, 0.1) is 49.9 Å². The largest absolute Gasteiger partial charge is 0.497 e. The van der Waals surface area contributed by atoms with E-state index < -0.39 is 127 Å². The summed E-state index contributed by atoms with van der Waals surface area (Å²) in [6.45, 7) is 15.0. The molecule has 2 heterocycles. The lowest BCUT2D eigenvalue weighted by Gasteiger charge is -2.68. The van der Waals surface area contributed by atoms with E-state index >= 15 is 14.4 Å². The molecule has 80 heavy (non-hydrogen) atoms. The van der Waals surface area contributed by atoms with Crippen molar-refractivity contribution in [3.8, 4) is 11.5 Å². The molecule has 4 aromatic carbocycles. The number of esters is 4. The van der Waals surface area contributed by atoms with Crippen molar-refractivity contribution in [1.29, 1.82) is 0 Å². The molecule has 4 fully saturated rings. The lowest BCUT2D eigenvalue weighted by molar-refractivity contribution is -0.344. The van der Waals surface area contributed by atoms with Crippen LogP contribution in [0.4, 0.5) is 0 Å². The summed E-state index contributed by atoms with van der Waals surface area (Å²) in [5, 5.41) is 14.5. The summed E-state index contributed by atoms with van der Waals surface area (Å²) in [5.41, 5.74) is -5.87. The number of carbonyl (C=O) groups is 6. The van der Waals surface area contributed by atoms with E-state index in [1.54, 1.807) is 137 Å². The molecule has 0 spiro atoms. The molecule has 5 aliphatic rings. The van der Waals surface area contributed by atoms with Crippen LogP contribution in [0, 0.1) is 16.7 Å². The van der Waals surface area contributed by atoms with Crippen LogP contribution in [0.15, 0.2) is 120 Å². The fraction of sp³-hybridized carbons (Fsp3) is 0.484. The lowest BCUT2D eigenvalue weighted by Crippen LogP contribution is -2.82. The van der Waals surface area contributed by atoms with Gasteiger partial charge in [-0.05, 0) is 85.1 Å². The fourth-order valence-corrected chi connectivity index (χ4v) is 16.6. The summed E-state index contributed by atoms with van der Waals surface area (Å²) < 4.78 is 58.2. The van der Waals surface area contributed by atoms with E-state index in [0.717, 1.165) is 0 Å². The number of methoxy groups -OCH3 is 2. The molecule has 12 atom stereocenters. The number of ether oxygens (including phenoxy) is 8. The van der Waals surface area contributed by atoms with Crippen LogP contribution in [0.25, 0.3) is 0 Å². The Morgan fingerprint density at radius 1 is 0.775 bits per heavy atom. The molecule has 2 saturated carbocycles. The van der Waals surface area contributed by atoms with Crippen molar-refractivity contribution < 1.29 is 76.2 Å². The van der Waals surface area contributed by atoms with Crippen molar-refractivity contribution in [2.75, 3.05) is 20.8 Å². The number of hydrogen-bond acceptors (Lipinski definition) is 16. The predicted molar refractivity (Wildman–Crippen MR) is 294 cm³/mol. The van der Waals surface area contributed by atoms with Crippen molar-refractivity contribution in [1.82, 2.24) is 4.90 Å². The Balaban J connectivity index is 1.25. The van der Waals surface area contributed by atoms with Crippen LogP contribution in [0.5, 0.6) is 11.5 Å². The molecule has 0 radical (unpaired) electrons. The first kappa shape index (κ1) is 58.0. The number of Topliss-reactive ketones (excluding diaryl/α,β-unsaturated/α-hetero) is 1. The molecule has 2 saturated heterocycles. The Kier molecular flexibility index (Phi) is 16.2. The maximum absolute atomic E-state index is 16.6. The molecular formula is C62H73NO16Si. The summed E-state index contributed by atoms with van der Waals surface area (Å²) in [6, 6.07) is 31.6. The van der Waals surface area contributed by atoms with Crippen molar-refractivity contribution in [3.05, 3.63) is 143 Å². The Morgan fingerprint density at radius 3 is 1.94 bits per heavy atom. The third-order valence-electron chi connectivity index (χ3n) is 18.2. The average molecular weight is 1120 g/mol. The van der Waals surface area contributed by atoms with Gasteiger partial charge in [0.2, 0.25) is 0 Å². The first-order chi connectivity index (χ1) is 38.1. The highest BCUT2D eigenvalue weighted by molar-refractivity contribution is 6.73. The third kappa shape index (κ3) is 9.63. The maximum Gasteiger partial charge on any atom is 0.338 e. The number of rotatable bonds is 16. The predicted octanol–water partition coefficient (Wildman–Crippen LogP) is 9.23. The first-order valence-corrected chi connectivity index (χ1v) is 30.0.